The van der Waals surface area contributed by atoms with Crippen LogP contribution in [0.2, 0.25) is 0 Å². The van der Waals surface area contributed by atoms with Crippen LogP contribution in [0, 0.1) is 41.2 Å². The molecule has 0 nitrogen and oxygen atoms in total. The van der Waals surface area contributed by atoms with Crippen LogP contribution in [-0.4, -0.2) is 0 Å². The first-order valence-corrected chi connectivity index (χ1v) is 13.1. The van der Waals surface area contributed by atoms with Crippen molar-refractivity contribution in [1.29, 1.82) is 0 Å². The summed E-state index contributed by atoms with van der Waals surface area (Å²) in [7, 11) is 0. The predicted molar refractivity (Wildman–Crippen MR) is 122 cm³/mol. The number of benzene rings is 1. The van der Waals surface area contributed by atoms with E-state index in [-0.39, 0.29) is 17.2 Å². The van der Waals surface area contributed by atoms with Gasteiger partial charge in [0.25, 0.3) is 0 Å². The normalized spacial score (nSPS) is 34.5. The van der Waals surface area contributed by atoms with Crippen molar-refractivity contribution in [3.63, 3.8) is 0 Å². The third kappa shape index (κ3) is 4.94. The zero-order valence-corrected chi connectivity index (χ0v) is 19.3. The molecule has 3 aliphatic carbocycles. The third-order valence-corrected chi connectivity index (χ3v) is 9.17. The second kappa shape index (κ2) is 10.1. The van der Waals surface area contributed by atoms with Gasteiger partial charge in [-0.3, -0.25) is 0 Å². The smallest absolute Gasteiger partial charge is 0.129 e. The summed E-state index contributed by atoms with van der Waals surface area (Å²) in [5, 5.41) is 0. The Bertz CT molecular complexity index is 665. The van der Waals surface area contributed by atoms with Crippen molar-refractivity contribution < 1.29 is 8.78 Å². The molecule has 1 aromatic carbocycles. The molecule has 0 aliphatic heterocycles. The molecule has 30 heavy (non-hydrogen) atoms. The molecule has 0 radical (unpaired) electrons. The molecule has 0 bridgehead atoms. The predicted octanol–water partition coefficient (Wildman–Crippen LogP) is 8.82. The molecule has 4 rings (SSSR count). The lowest BCUT2D eigenvalue weighted by atomic mass is 9.60. The van der Waals surface area contributed by atoms with E-state index in [4.69, 9.17) is 0 Å². The van der Waals surface area contributed by atoms with Crippen molar-refractivity contribution in [3.8, 4) is 0 Å². The largest absolute Gasteiger partial charge is 0.207 e. The molecule has 0 spiro atoms. The number of hydrogen-bond donors (Lipinski definition) is 0. The minimum absolute atomic E-state index is 0.248. The lowest BCUT2D eigenvalue weighted by molar-refractivity contribution is 0.0710. The Morgan fingerprint density at radius 1 is 0.733 bits per heavy atom. The second-order valence-electron chi connectivity index (χ2n) is 10.8. The van der Waals surface area contributed by atoms with Gasteiger partial charge in [0.05, 0.1) is 0 Å². The number of halogens is 2. The van der Waals surface area contributed by atoms with E-state index in [9.17, 15) is 8.78 Å². The molecule has 0 N–H and O–H groups in total. The van der Waals surface area contributed by atoms with Crippen molar-refractivity contribution >= 4 is 0 Å². The zero-order chi connectivity index (χ0) is 21.1. The maximum atomic E-state index is 14.3. The van der Waals surface area contributed by atoms with Gasteiger partial charge in [0.2, 0.25) is 0 Å². The van der Waals surface area contributed by atoms with Gasteiger partial charge in [-0.1, -0.05) is 46.0 Å². The van der Waals surface area contributed by atoms with Gasteiger partial charge < -0.3 is 0 Å². The van der Waals surface area contributed by atoms with Crippen LogP contribution in [0.15, 0.2) is 12.1 Å². The molecule has 3 saturated carbocycles. The minimum atomic E-state index is -0.340. The summed E-state index contributed by atoms with van der Waals surface area (Å²) in [6.45, 7) is 4.13. The topological polar surface area (TPSA) is 0 Å². The molecule has 0 amide bonds. The highest BCUT2D eigenvalue weighted by Crippen LogP contribution is 2.51. The van der Waals surface area contributed by atoms with Gasteiger partial charge in [0.15, 0.2) is 0 Å². The van der Waals surface area contributed by atoms with E-state index in [0.717, 1.165) is 48.0 Å². The summed E-state index contributed by atoms with van der Waals surface area (Å²) in [5.41, 5.74) is 1.16. The summed E-state index contributed by atoms with van der Waals surface area (Å²) in [4.78, 5) is 0. The molecule has 4 atom stereocenters. The van der Waals surface area contributed by atoms with Crippen LogP contribution >= 0.6 is 0 Å². The number of rotatable bonds is 6. The van der Waals surface area contributed by atoms with Gasteiger partial charge in [-0.05, 0) is 111 Å². The molecule has 1 aromatic rings. The van der Waals surface area contributed by atoms with Crippen LogP contribution in [0.4, 0.5) is 8.78 Å². The minimum Gasteiger partial charge on any atom is -0.207 e. The van der Waals surface area contributed by atoms with Gasteiger partial charge in [-0.2, -0.15) is 0 Å². The van der Waals surface area contributed by atoms with Gasteiger partial charge in [0.1, 0.15) is 11.6 Å². The highest BCUT2D eigenvalue weighted by atomic mass is 19.1. The van der Waals surface area contributed by atoms with Crippen molar-refractivity contribution in [1.82, 2.24) is 0 Å². The standard InChI is InChI=1S/C28H42F2/c1-3-5-6-19-7-9-20(10-8-19)21-11-12-23-16-24(14-13-22(23)15-21)25-17-27(29)26(4-2)28(30)18-25/h17-24H,3-16H2,1-2H3. The van der Waals surface area contributed by atoms with Crippen LogP contribution in [0.1, 0.15) is 114 Å². The Hall–Kier alpha value is -0.920. The molecule has 3 fully saturated rings. The summed E-state index contributed by atoms with van der Waals surface area (Å²) < 4.78 is 28.6. The van der Waals surface area contributed by atoms with Crippen molar-refractivity contribution in [2.24, 2.45) is 29.6 Å². The van der Waals surface area contributed by atoms with Crippen LogP contribution in [-0.2, 0) is 6.42 Å². The summed E-state index contributed by atoms with van der Waals surface area (Å²) in [5.74, 6) is 4.25. The van der Waals surface area contributed by atoms with E-state index in [1.807, 2.05) is 6.92 Å². The quantitative estimate of drug-likeness (QED) is 0.434. The van der Waals surface area contributed by atoms with Crippen molar-refractivity contribution in [3.05, 3.63) is 34.9 Å². The Labute approximate surface area is 183 Å². The highest BCUT2D eigenvalue weighted by molar-refractivity contribution is 5.29. The molecule has 0 aromatic heterocycles. The maximum Gasteiger partial charge on any atom is 0.129 e. The van der Waals surface area contributed by atoms with Crippen molar-refractivity contribution in [2.45, 2.75) is 110 Å². The van der Waals surface area contributed by atoms with Crippen molar-refractivity contribution in [2.75, 3.05) is 0 Å². The van der Waals surface area contributed by atoms with E-state index in [2.05, 4.69) is 6.92 Å². The fourth-order valence-corrected chi connectivity index (χ4v) is 7.29. The van der Waals surface area contributed by atoms with Crippen LogP contribution in [0.3, 0.4) is 0 Å². The highest BCUT2D eigenvalue weighted by Gasteiger charge is 2.39. The van der Waals surface area contributed by atoms with Crippen LogP contribution in [0.25, 0.3) is 0 Å². The monoisotopic (exact) mass is 416 g/mol. The fourth-order valence-electron chi connectivity index (χ4n) is 7.29. The SMILES string of the molecule is CCCCC1CCC(C2CCC3CC(c4cc(F)c(CC)c(F)c4)CCC3C2)CC1. The van der Waals surface area contributed by atoms with E-state index >= 15 is 0 Å². The third-order valence-electron chi connectivity index (χ3n) is 9.17. The van der Waals surface area contributed by atoms with Gasteiger partial charge in [-0.15, -0.1) is 0 Å². The molecule has 4 unspecified atom stereocenters. The number of unbranched alkanes of at least 4 members (excludes halogenated alkanes) is 1. The maximum absolute atomic E-state index is 14.3. The number of hydrogen-bond acceptors (Lipinski definition) is 0. The van der Waals surface area contributed by atoms with Crippen LogP contribution in [0.5, 0.6) is 0 Å². The van der Waals surface area contributed by atoms with Gasteiger partial charge in [-0.25, -0.2) is 8.78 Å². The first-order chi connectivity index (χ1) is 14.6. The molecule has 0 saturated heterocycles. The Kier molecular flexibility index (Phi) is 7.53. The molecular weight excluding hydrogens is 374 g/mol. The van der Waals surface area contributed by atoms with E-state index in [0.29, 0.717) is 12.3 Å². The Morgan fingerprint density at radius 3 is 1.93 bits per heavy atom. The zero-order valence-electron chi connectivity index (χ0n) is 19.3. The van der Waals surface area contributed by atoms with E-state index in [1.165, 1.54) is 70.6 Å². The van der Waals surface area contributed by atoms with E-state index < -0.39 is 0 Å². The first-order valence-electron chi connectivity index (χ1n) is 13.1. The summed E-state index contributed by atoms with van der Waals surface area (Å²) in [6.07, 6.45) is 18.2. The Morgan fingerprint density at radius 2 is 1.30 bits per heavy atom. The van der Waals surface area contributed by atoms with Gasteiger partial charge >= 0.3 is 0 Å². The fraction of sp³-hybridized carbons (Fsp3) is 0.786. The first kappa shape index (κ1) is 22.3. The van der Waals surface area contributed by atoms with E-state index in [1.54, 1.807) is 12.1 Å². The number of fused-ring (bicyclic) bond motifs is 1. The van der Waals surface area contributed by atoms with Crippen LogP contribution < -0.4 is 0 Å². The lowest BCUT2D eigenvalue weighted by Crippen LogP contribution is -2.34. The molecule has 0 heterocycles. The molecule has 2 heteroatoms. The molecule has 168 valence electrons. The molecule has 3 aliphatic rings. The van der Waals surface area contributed by atoms with Gasteiger partial charge in [0, 0.05) is 5.56 Å². The summed E-state index contributed by atoms with van der Waals surface area (Å²) >= 11 is 0. The molecular formula is C28H42F2. The average molecular weight is 417 g/mol. The summed E-state index contributed by atoms with van der Waals surface area (Å²) in [6, 6.07) is 3.27. The Balaban J connectivity index is 1.30. The lowest BCUT2D eigenvalue weighted by Gasteiger charge is -2.45. The average Bonchev–Trinajstić information content (AvgIpc) is 2.77. The second-order valence-corrected chi connectivity index (χ2v) is 10.8.